The second-order valence-electron chi connectivity index (χ2n) is 5.35. The van der Waals surface area contributed by atoms with Crippen LogP contribution in [0.5, 0.6) is 0 Å². The Morgan fingerprint density at radius 1 is 1.10 bits per heavy atom. The first kappa shape index (κ1) is 13.1. The average molecular weight is 363 g/mol. The topological polar surface area (TPSA) is 0 Å². The monoisotopic (exact) mass is 362 g/mol. The van der Waals surface area contributed by atoms with E-state index in [0.717, 1.165) is 0 Å². The summed E-state index contributed by atoms with van der Waals surface area (Å²) in [5.74, 6) is 0. The van der Waals surface area contributed by atoms with E-state index in [1.807, 2.05) is 22.7 Å². The number of rotatable bonds is 2. The van der Waals surface area contributed by atoms with Crippen molar-refractivity contribution in [1.82, 2.24) is 0 Å². The van der Waals surface area contributed by atoms with Crippen LogP contribution in [0.15, 0.2) is 35.7 Å². The molecule has 0 fully saturated rings. The third-order valence-electron chi connectivity index (χ3n) is 4.05. The molecule has 102 valence electrons. The Balaban J connectivity index is 1.76. The predicted molar refractivity (Wildman–Crippen MR) is 93.6 cm³/mol. The molecule has 2 heterocycles. The highest BCUT2D eigenvalue weighted by Gasteiger charge is 2.20. The second-order valence-corrected chi connectivity index (χ2v) is 8.35. The van der Waals surface area contributed by atoms with Crippen LogP contribution in [-0.2, 0) is 12.8 Å². The van der Waals surface area contributed by atoms with Crippen LogP contribution in [0.4, 0.5) is 0 Å². The summed E-state index contributed by atoms with van der Waals surface area (Å²) < 4.78 is 1.38. The van der Waals surface area contributed by atoms with Crippen LogP contribution in [0.2, 0.25) is 0 Å². The highest BCUT2D eigenvalue weighted by Crippen LogP contribution is 2.43. The number of fused-ring (bicyclic) bond motifs is 2. The summed E-state index contributed by atoms with van der Waals surface area (Å²) in [4.78, 5) is 3.44. The maximum absolute atomic E-state index is 3.94. The van der Waals surface area contributed by atoms with E-state index in [-0.39, 0.29) is 0 Å². The van der Waals surface area contributed by atoms with E-state index in [0.29, 0.717) is 4.83 Å². The van der Waals surface area contributed by atoms with E-state index >= 15 is 0 Å². The Bertz CT molecular complexity index is 730. The molecule has 1 unspecified atom stereocenters. The number of aryl methyl sites for hydroxylation is 2. The average Bonchev–Trinajstić information content (AvgIpc) is 3.10. The van der Waals surface area contributed by atoms with Crippen molar-refractivity contribution < 1.29 is 0 Å². The lowest BCUT2D eigenvalue weighted by molar-refractivity contribution is 0.697. The molecule has 1 aliphatic rings. The summed E-state index contributed by atoms with van der Waals surface area (Å²) >= 11 is 7.79. The molecule has 0 saturated heterocycles. The molecular formula is C17H15BrS2. The normalized spacial score (nSPS) is 16.2. The van der Waals surface area contributed by atoms with Gasteiger partial charge in [-0.25, -0.2) is 0 Å². The number of halogens is 1. The molecule has 0 spiro atoms. The van der Waals surface area contributed by atoms with Gasteiger partial charge < -0.3 is 0 Å². The molecule has 0 bridgehead atoms. The van der Waals surface area contributed by atoms with Crippen LogP contribution in [0, 0.1) is 0 Å². The van der Waals surface area contributed by atoms with E-state index < -0.39 is 0 Å². The van der Waals surface area contributed by atoms with E-state index in [1.54, 1.807) is 10.4 Å². The van der Waals surface area contributed by atoms with Gasteiger partial charge in [-0.2, -0.15) is 0 Å². The van der Waals surface area contributed by atoms with Gasteiger partial charge in [-0.15, -0.1) is 22.7 Å². The van der Waals surface area contributed by atoms with Gasteiger partial charge in [0.05, 0.1) is 4.83 Å². The Morgan fingerprint density at radius 2 is 1.95 bits per heavy atom. The molecule has 0 nitrogen and oxygen atoms in total. The molecule has 0 radical (unpaired) electrons. The van der Waals surface area contributed by atoms with Gasteiger partial charge in [-0.05, 0) is 59.7 Å². The maximum atomic E-state index is 3.94. The number of hydrogen-bond donors (Lipinski definition) is 0. The first-order chi connectivity index (χ1) is 9.83. The minimum atomic E-state index is 0.342. The van der Waals surface area contributed by atoms with E-state index in [9.17, 15) is 0 Å². The zero-order valence-corrected chi connectivity index (χ0v) is 14.3. The maximum Gasteiger partial charge on any atom is 0.0752 e. The molecule has 0 amide bonds. The van der Waals surface area contributed by atoms with Crippen molar-refractivity contribution >= 4 is 48.7 Å². The summed E-state index contributed by atoms with van der Waals surface area (Å²) in [6, 6.07) is 11.1. The number of alkyl halides is 1. The fourth-order valence-electron chi connectivity index (χ4n) is 2.99. The summed E-state index contributed by atoms with van der Waals surface area (Å²) in [7, 11) is 0. The van der Waals surface area contributed by atoms with E-state index in [2.05, 4.69) is 51.6 Å². The molecule has 0 aliphatic heterocycles. The summed E-state index contributed by atoms with van der Waals surface area (Å²) in [5.41, 5.74) is 3.02. The zero-order valence-electron chi connectivity index (χ0n) is 11.1. The van der Waals surface area contributed by atoms with Crippen molar-refractivity contribution in [2.24, 2.45) is 0 Å². The summed E-state index contributed by atoms with van der Waals surface area (Å²) in [5, 5.41) is 3.70. The fourth-order valence-corrected chi connectivity index (χ4v) is 6.19. The van der Waals surface area contributed by atoms with Gasteiger partial charge in [-0.1, -0.05) is 34.1 Å². The largest absolute Gasteiger partial charge is 0.144 e. The fraction of sp³-hybridized carbons (Fsp3) is 0.294. The van der Waals surface area contributed by atoms with Gasteiger partial charge in [-0.3, -0.25) is 0 Å². The molecular weight excluding hydrogens is 348 g/mol. The first-order valence-corrected chi connectivity index (χ1v) is 9.66. The van der Waals surface area contributed by atoms with Crippen LogP contribution in [0.3, 0.4) is 0 Å². The Kier molecular flexibility index (Phi) is 3.45. The molecule has 4 rings (SSSR count). The van der Waals surface area contributed by atoms with Crippen molar-refractivity contribution in [2.45, 2.75) is 30.5 Å². The van der Waals surface area contributed by atoms with Gasteiger partial charge in [0.2, 0.25) is 0 Å². The lowest BCUT2D eigenvalue weighted by atomic mass is 9.99. The lowest BCUT2D eigenvalue weighted by Crippen LogP contribution is -1.96. The molecule has 2 aromatic heterocycles. The molecule has 0 saturated carbocycles. The third-order valence-corrected chi connectivity index (χ3v) is 7.62. The van der Waals surface area contributed by atoms with Gasteiger partial charge in [0, 0.05) is 14.5 Å². The highest BCUT2D eigenvalue weighted by atomic mass is 79.9. The summed E-state index contributed by atoms with van der Waals surface area (Å²) in [6.45, 7) is 0. The SMILES string of the molecule is BrC(c1cc2c(s1)CCCC2)c1csc2ccccc12. The molecule has 1 atom stereocenters. The third kappa shape index (κ3) is 2.16. The number of benzene rings is 1. The molecule has 3 aromatic rings. The highest BCUT2D eigenvalue weighted by molar-refractivity contribution is 9.09. The minimum absolute atomic E-state index is 0.342. The van der Waals surface area contributed by atoms with Crippen molar-refractivity contribution in [3.63, 3.8) is 0 Å². The van der Waals surface area contributed by atoms with E-state index in [1.165, 1.54) is 46.2 Å². The predicted octanol–water partition coefficient (Wildman–Crippen LogP) is 6.33. The molecule has 20 heavy (non-hydrogen) atoms. The first-order valence-electron chi connectivity index (χ1n) is 7.04. The van der Waals surface area contributed by atoms with Crippen LogP contribution >= 0.6 is 38.6 Å². The Labute approximate surface area is 135 Å². The molecule has 1 aliphatic carbocycles. The minimum Gasteiger partial charge on any atom is -0.144 e. The van der Waals surface area contributed by atoms with Crippen molar-refractivity contribution in [3.05, 3.63) is 56.6 Å². The number of thiophene rings is 2. The van der Waals surface area contributed by atoms with Crippen LogP contribution in [0.25, 0.3) is 10.1 Å². The van der Waals surface area contributed by atoms with Crippen molar-refractivity contribution in [2.75, 3.05) is 0 Å². The Hall–Kier alpha value is -0.640. The molecule has 0 N–H and O–H groups in total. The smallest absolute Gasteiger partial charge is 0.0752 e. The van der Waals surface area contributed by atoms with Gasteiger partial charge >= 0.3 is 0 Å². The van der Waals surface area contributed by atoms with Gasteiger partial charge in [0.1, 0.15) is 0 Å². The number of hydrogen-bond acceptors (Lipinski definition) is 2. The van der Waals surface area contributed by atoms with Crippen LogP contribution < -0.4 is 0 Å². The van der Waals surface area contributed by atoms with Crippen molar-refractivity contribution in [1.29, 1.82) is 0 Å². The van der Waals surface area contributed by atoms with Gasteiger partial charge in [0.25, 0.3) is 0 Å². The van der Waals surface area contributed by atoms with Crippen LogP contribution in [-0.4, -0.2) is 0 Å². The van der Waals surface area contributed by atoms with Gasteiger partial charge in [0.15, 0.2) is 0 Å². The molecule has 1 aromatic carbocycles. The second kappa shape index (κ2) is 5.28. The standard InChI is InChI=1S/C17H15BrS2/c18-17(13-10-19-15-8-4-2-6-12(13)15)16-9-11-5-1-3-7-14(11)20-16/h2,4,6,8-10,17H,1,3,5,7H2. The Morgan fingerprint density at radius 3 is 2.85 bits per heavy atom. The zero-order chi connectivity index (χ0) is 13.5. The lowest BCUT2D eigenvalue weighted by Gasteiger charge is -2.08. The van der Waals surface area contributed by atoms with Crippen molar-refractivity contribution in [3.8, 4) is 0 Å². The van der Waals surface area contributed by atoms with E-state index in [4.69, 9.17) is 0 Å². The quantitative estimate of drug-likeness (QED) is 0.467. The van der Waals surface area contributed by atoms with Crippen LogP contribution in [0.1, 0.15) is 38.6 Å². The summed E-state index contributed by atoms with van der Waals surface area (Å²) in [6.07, 6.45) is 5.28. The molecule has 3 heteroatoms.